The molecule has 0 amide bonds. The van der Waals surface area contributed by atoms with E-state index in [2.05, 4.69) is 28.8 Å². The normalized spacial score (nSPS) is 11.1. The van der Waals surface area contributed by atoms with Crippen molar-refractivity contribution in [3.63, 3.8) is 0 Å². The van der Waals surface area contributed by atoms with Crippen molar-refractivity contribution in [3.05, 3.63) is 59.2 Å². The summed E-state index contributed by atoms with van der Waals surface area (Å²) in [5, 5.41) is 7.88. The second-order valence-electron chi connectivity index (χ2n) is 5.21. The highest BCUT2D eigenvalue weighted by Crippen LogP contribution is 2.15. The number of hydrazone groups is 1. The van der Waals surface area contributed by atoms with Gasteiger partial charge >= 0.3 is 0 Å². The van der Waals surface area contributed by atoms with Gasteiger partial charge < -0.3 is 11.1 Å². The SMILES string of the molecule is C/C(=N\NC(=S)Nc1ccc(C)cc1C)c1cccc(N)c1. The van der Waals surface area contributed by atoms with Crippen LogP contribution in [0, 0.1) is 13.8 Å². The molecule has 0 aliphatic heterocycles. The van der Waals surface area contributed by atoms with Crippen LogP contribution in [0.3, 0.4) is 0 Å². The van der Waals surface area contributed by atoms with Crippen LogP contribution >= 0.6 is 12.2 Å². The van der Waals surface area contributed by atoms with Gasteiger partial charge in [-0.05, 0) is 62.3 Å². The lowest BCUT2D eigenvalue weighted by Crippen LogP contribution is -2.25. The lowest BCUT2D eigenvalue weighted by Gasteiger charge is -2.11. The van der Waals surface area contributed by atoms with E-state index in [1.807, 2.05) is 50.2 Å². The summed E-state index contributed by atoms with van der Waals surface area (Å²) < 4.78 is 0. The number of nitrogens with two attached hydrogens (primary N) is 1. The van der Waals surface area contributed by atoms with Crippen molar-refractivity contribution in [2.24, 2.45) is 5.10 Å². The Morgan fingerprint density at radius 3 is 2.59 bits per heavy atom. The maximum Gasteiger partial charge on any atom is 0.191 e. The zero-order chi connectivity index (χ0) is 16.1. The van der Waals surface area contributed by atoms with Gasteiger partial charge in [0.05, 0.1) is 5.71 Å². The number of anilines is 2. The van der Waals surface area contributed by atoms with Crippen LogP contribution < -0.4 is 16.5 Å². The van der Waals surface area contributed by atoms with Crippen LogP contribution in [-0.2, 0) is 0 Å². The summed E-state index contributed by atoms with van der Waals surface area (Å²) in [6.45, 7) is 6.01. The van der Waals surface area contributed by atoms with Gasteiger partial charge in [-0.25, -0.2) is 0 Å². The first-order chi connectivity index (χ1) is 10.5. The molecule has 2 aromatic rings. The van der Waals surface area contributed by atoms with Crippen LogP contribution in [0.25, 0.3) is 0 Å². The first-order valence-electron chi connectivity index (χ1n) is 7.00. The second-order valence-corrected chi connectivity index (χ2v) is 5.62. The predicted molar refractivity (Wildman–Crippen MR) is 98.3 cm³/mol. The molecule has 114 valence electrons. The molecule has 0 radical (unpaired) electrons. The lowest BCUT2D eigenvalue weighted by atomic mass is 10.1. The summed E-state index contributed by atoms with van der Waals surface area (Å²) in [4.78, 5) is 0. The molecule has 4 nitrogen and oxygen atoms in total. The molecule has 22 heavy (non-hydrogen) atoms. The van der Waals surface area contributed by atoms with Gasteiger partial charge in [0.1, 0.15) is 0 Å². The topological polar surface area (TPSA) is 62.4 Å². The molecular formula is C17H20N4S. The smallest absolute Gasteiger partial charge is 0.191 e. The zero-order valence-electron chi connectivity index (χ0n) is 13.0. The van der Waals surface area contributed by atoms with Crippen LogP contribution in [0.4, 0.5) is 11.4 Å². The first-order valence-corrected chi connectivity index (χ1v) is 7.41. The third kappa shape index (κ3) is 4.30. The average molecular weight is 312 g/mol. The molecule has 0 aliphatic rings. The van der Waals surface area contributed by atoms with E-state index in [1.54, 1.807) is 0 Å². The van der Waals surface area contributed by atoms with E-state index in [-0.39, 0.29) is 0 Å². The van der Waals surface area contributed by atoms with Crippen molar-refractivity contribution in [1.29, 1.82) is 0 Å². The third-order valence-corrected chi connectivity index (χ3v) is 3.45. The molecule has 0 aliphatic carbocycles. The third-order valence-electron chi connectivity index (χ3n) is 3.26. The zero-order valence-corrected chi connectivity index (χ0v) is 13.8. The number of thiocarbonyl (C=S) groups is 1. The van der Waals surface area contributed by atoms with Gasteiger partial charge in [0.2, 0.25) is 0 Å². The summed E-state index contributed by atoms with van der Waals surface area (Å²) >= 11 is 5.27. The van der Waals surface area contributed by atoms with Gasteiger partial charge in [-0.1, -0.05) is 29.8 Å². The number of aryl methyl sites for hydroxylation is 2. The van der Waals surface area contributed by atoms with Crippen molar-refractivity contribution in [1.82, 2.24) is 5.43 Å². The van der Waals surface area contributed by atoms with Gasteiger partial charge in [0.25, 0.3) is 0 Å². The highest BCUT2D eigenvalue weighted by Gasteiger charge is 2.02. The minimum atomic E-state index is 0.454. The molecule has 2 aromatic carbocycles. The maximum absolute atomic E-state index is 5.77. The maximum atomic E-state index is 5.77. The van der Waals surface area contributed by atoms with E-state index < -0.39 is 0 Å². The molecule has 0 saturated carbocycles. The lowest BCUT2D eigenvalue weighted by molar-refractivity contribution is 1.04. The Kier molecular flexibility index (Phi) is 5.12. The van der Waals surface area contributed by atoms with Gasteiger partial charge in [-0.15, -0.1) is 0 Å². The van der Waals surface area contributed by atoms with Gasteiger partial charge in [0, 0.05) is 11.4 Å². The van der Waals surface area contributed by atoms with Crippen LogP contribution in [0.2, 0.25) is 0 Å². The van der Waals surface area contributed by atoms with Crippen molar-refractivity contribution < 1.29 is 0 Å². The Bertz CT molecular complexity index is 722. The molecule has 0 saturated heterocycles. The monoisotopic (exact) mass is 312 g/mol. The molecule has 0 spiro atoms. The molecular weight excluding hydrogens is 292 g/mol. The number of rotatable bonds is 3. The standard InChI is InChI=1S/C17H20N4S/c1-11-7-8-16(12(2)9-11)19-17(22)21-20-13(3)14-5-4-6-15(18)10-14/h4-10H,18H2,1-3H3,(H2,19,21,22)/b20-13+. The van der Waals surface area contributed by atoms with Crippen molar-refractivity contribution >= 4 is 34.4 Å². The fourth-order valence-corrected chi connectivity index (χ4v) is 2.22. The van der Waals surface area contributed by atoms with E-state index >= 15 is 0 Å². The van der Waals surface area contributed by atoms with E-state index in [0.717, 1.165) is 22.5 Å². The Morgan fingerprint density at radius 2 is 1.91 bits per heavy atom. The summed E-state index contributed by atoms with van der Waals surface area (Å²) in [5.41, 5.74) is 14.4. The van der Waals surface area contributed by atoms with Gasteiger partial charge in [-0.3, -0.25) is 5.43 Å². The van der Waals surface area contributed by atoms with E-state index in [0.29, 0.717) is 10.8 Å². The van der Waals surface area contributed by atoms with Crippen molar-refractivity contribution in [3.8, 4) is 0 Å². The van der Waals surface area contributed by atoms with Crippen LogP contribution in [0.15, 0.2) is 47.6 Å². The quantitative estimate of drug-likeness (QED) is 0.351. The largest absolute Gasteiger partial charge is 0.399 e. The highest BCUT2D eigenvalue weighted by molar-refractivity contribution is 7.80. The molecule has 0 heterocycles. The molecule has 0 unspecified atom stereocenters. The molecule has 2 rings (SSSR count). The number of hydrogen-bond acceptors (Lipinski definition) is 3. The minimum Gasteiger partial charge on any atom is -0.399 e. The summed E-state index contributed by atoms with van der Waals surface area (Å²) in [6.07, 6.45) is 0. The van der Waals surface area contributed by atoms with Crippen LogP contribution in [0.1, 0.15) is 23.6 Å². The summed E-state index contributed by atoms with van der Waals surface area (Å²) in [5.74, 6) is 0. The molecule has 0 atom stereocenters. The Labute approximate surface area is 136 Å². The van der Waals surface area contributed by atoms with E-state index in [4.69, 9.17) is 18.0 Å². The number of nitrogens with zero attached hydrogens (tertiary/aromatic N) is 1. The fourth-order valence-electron chi connectivity index (χ4n) is 2.07. The van der Waals surface area contributed by atoms with Crippen LogP contribution in [-0.4, -0.2) is 10.8 Å². The van der Waals surface area contributed by atoms with Crippen molar-refractivity contribution in [2.75, 3.05) is 11.1 Å². The van der Waals surface area contributed by atoms with Gasteiger partial charge in [-0.2, -0.15) is 5.10 Å². The van der Waals surface area contributed by atoms with Crippen molar-refractivity contribution in [2.45, 2.75) is 20.8 Å². The van der Waals surface area contributed by atoms with E-state index in [9.17, 15) is 0 Å². The Balaban J connectivity index is 2.01. The first kappa shape index (κ1) is 16.0. The second kappa shape index (κ2) is 7.04. The Morgan fingerprint density at radius 1 is 1.14 bits per heavy atom. The van der Waals surface area contributed by atoms with Gasteiger partial charge in [0.15, 0.2) is 5.11 Å². The average Bonchev–Trinajstić information content (AvgIpc) is 2.47. The summed E-state index contributed by atoms with van der Waals surface area (Å²) in [7, 11) is 0. The number of nitrogens with one attached hydrogen (secondary N) is 2. The molecule has 0 fully saturated rings. The fraction of sp³-hybridized carbons (Fsp3) is 0.176. The molecule has 4 N–H and O–H groups in total. The highest BCUT2D eigenvalue weighted by atomic mass is 32.1. The number of hydrogen-bond donors (Lipinski definition) is 3. The minimum absolute atomic E-state index is 0.454. The predicted octanol–water partition coefficient (Wildman–Crippen LogP) is 3.60. The molecule has 0 aromatic heterocycles. The molecule has 0 bridgehead atoms. The summed E-state index contributed by atoms with van der Waals surface area (Å²) in [6, 6.07) is 13.7. The molecule has 5 heteroatoms. The number of benzene rings is 2. The Hall–Kier alpha value is -2.40. The number of nitrogen functional groups attached to an aromatic ring is 1. The van der Waals surface area contributed by atoms with Crippen LogP contribution in [0.5, 0.6) is 0 Å². The van der Waals surface area contributed by atoms with E-state index in [1.165, 1.54) is 5.56 Å².